The molecule has 0 saturated heterocycles. The van der Waals surface area contributed by atoms with Crippen LogP contribution < -0.4 is 10.2 Å². The number of aromatic hydroxyl groups is 1. The molecule has 2 aromatic rings. The maximum absolute atomic E-state index is 9.88. The summed E-state index contributed by atoms with van der Waals surface area (Å²) in [6, 6.07) is 11.4. The van der Waals surface area contributed by atoms with Crippen LogP contribution >= 0.6 is 0 Å². The van der Waals surface area contributed by atoms with E-state index in [0.717, 1.165) is 30.2 Å². The number of anilines is 2. The standard InChI is InChI=1S/C17H23N3O/c1-4-20(5-2)17-11-10-14(12-18-17)19-13(3)15-8-6-7-9-16(15)21/h6-13,19,21H,4-5H2,1-3H3. The lowest BCUT2D eigenvalue weighted by molar-refractivity contribution is 0.465. The third-order valence-corrected chi connectivity index (χ3v) is 3.62. The molecule has 0 spiro atoms. The molecule has 0 saturated carbocycles. The average Bonchev–Trinajstić information content (AvgIpc) is 2.50. The molecule has 0 aliphatic rings. The van der Waals surface area contributed by atoms with E-state index in [-0.39, 0.29) is 6.04 Å². The minimum Gasteiger partial charge on any atom is -0.508 e. The van der Waals surface area contributed by atoms with Crippen molar-refractivity contribution in [2.45, 2.75) is 26.8 Å². The van der Waals surface area contributed by atoms with E-state index in [2.05, 4.69) is 29.0 Å². The van der Waals surface area contributed by atoms with E-state index < -0.39 is 0 Å². The first kappa shape index (κ1) is 15.2. The predicted molar refractivity (Wildman–Crippen MR) is 87.9 cm³/mol. The first-order valence-electron chi connectivity index (χ1n) is 7.41. The van der Waals surface area contributed by atoms with Crippen LogP contribution in [-0.4, -0.2) is 23.2 Å². The molecule has 4 heteroatoms. The molecule has 1 heterocycles. The van der Waals surface area contributed by atoms with Crippen LogP contribution in [0.2, 0.25) is 0 Å². The lowest BCUT2D eigenvalue weighted by Gasteiger charge is -2.21. The van der Waals surface area contributed by atoms with Crippen molar-refractivity contribution in [1.29, 1.82) is 0 Å². The highest BCUT2D eigenvalue weighted by Crippen LogP contribution is 2.26. The molecule has 2 N–H and O–H groups in total. The van der Waals surface area contributed by atoms with Gasteiger partial charge in [-0.05, 0) is 39.0 Å². The highest BCUT2D eigenvalue weighted by molar-refractivity contribution is 5.50. The Labute approximate surface area is 126 Å². The van der Waals surface area contributed by atoms with E-state index in [4.69, 9.17) is 0 Å². The topological polar surface area (TPSA) is 48.4 Å². The van der Waals surface area contributed by atoms with Gasteiger partial charge in [0.1, 0.15) is 11.6 Å². The second-order valence-corrected chi connectivity index (χ2v) is 5.00. The maximum atomic E-state index is 9.88. The van der Waals surface area contributed by atoms with Gasteiger partial charge in [-0.2, -0.15) is 0 Å². The van der Waals surface area contributed by atoms with E-state index in [1.807, 2.05) is 43.5 Å². The third-order valence-electron chi connectivity index (χ3n) is 3.62. The molecule has 2 rings (SSSR count). The smallest absolute Gasteiger partial charge is 0.128 e. The van der Waals surface area contributed by atoms with E-state index in [1.54, 1.807) is 6.07 Å². The van der Waals surface area contributed by atoms with Crippen LogP contribution in [0.3, 0.4) is 0 Å². The summed E-state index contributed by atoms with van der Waals surface area (Å²) in [5, 5.41) is 13.2. The van der Waals surface area contributed by atoms with Gasteiger partial charge in [-0.25, -0.2) is 4.98 Å². The zero-order valence-electron chi connectivity index (χ0n) is 12.9. The molecule has 0 amide bonds. The zero-order chi connectivity index (χ0) is 15.2. The second-order valence-electron chi connectivity index (χ2n) is 5.00. The average molecular weight is 285 g/mol. The number of pyridine rings is 1. The number of benzene rings is 1. The quantitative estimate of drug-likeness (QED) is 0.847. The number of nitrogens with zero attached hydrogens (tertiary/aromatic N) is 2. The van der Waals surface area contributed by atoms with Gasteiger partial charge in [0.15, 0.2) is 0 Å². The second kappa shape index (κ2) is 6.97. The number of hydrogen-bond acceptors (Lipinski definition) is 4. The molecule has 0 fully saturated rings. The van der Waals surface area contributed by atoms with E-state index in [9.17, 15) is 5.11 Å². The normalized spacial score (nSPS) is 12.0. The number of para-hydroxylation sites is 1. The lowest BCUT2D eigenvalue weighted by Crippen LogP contribution is -2.22. The minimum atomic E-state index is 0.0207. The summed E-state index contributed by atoms with van der Waals surface area (Å²) in [6.07, 6.45) is 1.84. The summed E-state index contributed by atoms with van der Waals surface area (Å²) < 4.78 is 0. The number of phenols is 1. The summed E-state index contributed by atoms with van der Waals surface area (Å²) in [4.78, 5) is 6.70. The van der Waals surface area contributed by atoms with Crippen LogP contribution in [0.5, 0.6) is 5.75 Å². The van der Waals surface area contributed by atoms with Crippen LogP contribution in [0.25, 0.3) is 0 Å². The van der Waals surface area contributed by atoms with Gasteiger partial charge in [0, 0.05) is 18.7 Å². The van der Waals surface area contributed by atoms with Crippen molar-refractivity contribution < 1.29 is 5.11 Å². The first-order valence-corrected chi connectivity index (χ1v) is 7.41. The number of nitrogens with one attached hydrogen (secondary N) is 1. The fourth-order valence-corrected chi connectivity index (χ4v) is 2.39. The van der Waals surface area contributed by atoms with Gasteiger partial charge in [-0.1, -0.05) is 18.2 Å². The van der Waals surface area contributed by atoms with Crippen molar-refractivity contribution in [2.75, 3.05) is 23.3 Å². The van der Waals surface area contributed by atoms with Gasteiger partial charge in [-0.3, -0.25) is 0 Å². The highest BCUT2D eigenvalue weighted by Gasteiger charge is 2.10. The third kappa shape index (κ3) is 3.66. The molecule has 0 aliphatic heterocycles. The van der Waals surface area contributed by atoms with Crippen LogP contribution in [0.1, 0.15) is 32.4 Å². The number of aromatic nitrogens is 1. The van der Waals surface area contributed by atoms with E-state index in [0.29, 0.717) is 5.75 Å². The molecule has 1 aromatic carbocycles. The molecule has 0 bridgehead atoms. The Hall–Kier alpha value is -2.23. The Balaban J connectivity index is 2.08. The molecule has 4 nitrogen and oxygen atoms in total. The number of phenolic OH excluding ortho intramolecular Hbond substituents is 1. The Morgan fingerprint density at radius 3 is 2.43 bits per heavy atom. The molecule has 0 aliphatic carbocycles. The zero-order valence-corrected chi connectivity index (χ0v) is 12.9. The van der Waals surface area contributed by atoms with Gasteiger partial charge in [-0.15, -0.1) is 0 Å². The van der Waals surface area contributed by atoms with Crippen molar-refractivity contribution in [3.63, 3.8) is 0 Å². The first-order chi connectivity index (χ1) is 10.2. The van der Waals surface area contributed by atoms with Gasteiger partial charge in [0.05, 0.1) is 17.9 Å². The summed E-state index contributed by atoms with van der Waals surface area (Å²) >= 11 is 0. The van der Waals surface area contributed by atoms with Crippen molar-refractivity contribution in [3.8, 4) is 5.75 Å². The fourth-order valence-electron chi connectivity index (χ4n) is 2.39. The molecule has 1 aromatic heterocycles. The van der Waals surface area contributed by atoms with E-state index >= 15 is 0 Å². The summed E-state index contributed by atoms with van der Waals surface area (Å²) in [6.45, 7) is 8.16. The molecule has 21 heavy (non-hydrogen) atoms. The van der Waals surface area contributed by atoms with Crippen LogP contribution in [-0.2, 0) is 0 Å². The molecular weight excluding hydrogens is 262 g/mol. The van der Waals surface area contributed by atoms with Crippen LogP contribution in [0, 0.1) is 0 Å². The predicted octanol–water partition coefficient (Wildman–Crippen LogP) is 3.81. The van der Waals surface area contributed by atoms with Crippen LogP contribution in [0.4, 0.5) is 11.5 Å². The minimum absolute atomic E-state index is 0.0207. The highest BCUT2D eigenvalue weighted by atomic mass is 16.3. The molecule has 112 valence electrons. The van der Waals surface area contributed by atoms with Crippen molar-refractivity contribution in [3.05, 3.63) is 48.2 Å². The molecule has 1 atom stereocenters. The Bertz CT molecular complexity index is 565. The molecule has 1 unspecified atom stereocenters. The molecular formula is C17H23N3O. The summed E-state index contributed by atoms with van der Waals surface area (Å²) in [5.74, 6) is 1.30. The van der Waals surface area contributed by atoms with Gasteiger partial charge in [0.25, 0.3) is 0 Å². The van der Waals surface area contributed by atoms with Crippen molar-refractivity contribution in [1.82, 2.24) is 4.98 Å². The Morgan fingerprint density at radius 1 is 1.14 bits per heavy atom. The van der Waals surface area contributed by atoms with Gasteiger partial charge >= 0.3 is 0 Å². The summed E-state index contributed by atoms with van der Waals surface area (Å²) in [7, 11) is 0. The van der Waals surface area contributed by atoms with Gasteiger partial charge in [0.2, 0.25) is 0 Å². The SMILES string of the molecule is CCN(CC)c1ccc(NC(C)c2ccccc2O)cn1. The number of hydrogen-bond donors (Lipinski definition) is 2. The summed E-state index contributed by atoms with van der Waals surface area (Å²) in [5.41, 5.74) is 1.83. The largest absolute Gasteiger partial charge is 0.508 e. The Kier molecular flexibility index (Phi) is 5.04. The number of rotatable bonds is 6. The van der Waals surface area contributed by atoms with Crippen molar-refractivity contribution >= 4 is 11.5 Å². The van der Waals surface area contributed by atoms with Crippen molar-refractivity contribution in [2.24, 2.45) is 0 Å². The lowest BCUT2D eigenvalue weighted by atomic mass is 10.1. The monoisotopic (exact) mass is 285 g/mol. The van der Waals surface area contributed by atoms with Gasteiger partial charge < -0.3 is 15.3 Å². The van der Waals surface area contributed by atoms with E-state index in [1.165, 1.54) is 0 Å². The maximum Gasteiger partial charge on any atom is 0.128 e. The Morgan fingerprint density at radius 2 is 1.86 bits per heavy atom. The fraction of sp³-hybridized carbons (Fsp3) is 0.353. The van der Waals surface area contributed by atoms with Crippen LogP contribution in [0.15, 0.2) is 42.6 Å². The molecule has 0 radical (unpaired) electrons.